The number of aliphatic carboxylic acids is 1. The monoisotopic (exact) mass is 271 g/mol. The van der Waals surface area contributed by atoms with E-state index in [1.807, 2.05) is 20.8 Å². The third-order valence-corrected chi connectivity index (χ3v) is 3.56. The summed E-state index contributed by atoms with van der Waals surface area (Å²) in [5, 5.41) is 8.83. The molecule has 0 aromatic rings. The molecule has 1 saturated heterocycles. The Morgan fingerprint density at radius 3 is 2.63 bits per heavy atom. The Hall–Kier alpha value is -1.26. The topological polar surface area (TPSA) is 66.8 Å². The maximum atomic E-state index is 11.9. The second-order valence-corrected chi connectivity index (χ2v) is 5.89. The van der Waals surface area contributed by atoms with Crippen molar-refractivity contribution in [3.05, 3.63) is 0 Å². The van der Waals surface area contributed by atoms with E-state index in [-0.39, 0.29) is 24.3 Å². The molecule has 5 nitrogen and oxygen atoms in total. The van der Waals surface area contributed by atoms with Gasteiger partial charge in [0.05, 0.1) is 6.61 Å². The van der Waals surface area contributed by atoms with E-state index in [0.29, 0.717) is 25.6 Å². The summed E-state index contributed by atoms with van der Waals surface area (Å²) >= 11 is 0. The highest BCUT2D eigenvalue weighted by molar-refractivity contribution is 5.68. The predicted molar refractivity (Wildman–Crippen MR) is 71.9 cm³/mol. The second-order valence-electron chi connectivity index (χ2n) is 5.89. The Kier molecular flexibility index (Phi) is 6.12. The largest absolute Gasteiger partial charge is 0.481 e. The van der Waals surface area contributed by atoms with Crippen LogP contribution >= 0.6 is 0 Å². The Morgan fingerprint density at radius 1 is 1.37 bits per heavy atom. The van der Waals surface area contributed by atoms with Gasteiger partial charge in [0, 0.05) is 19.5 Å². The van der Waals surface area contributed by atoms with Gasteiger partial charge in [-0.25, -0.2) is 4.79 Å². The predicted octanol–water partition coefficient (Wildman–Crippen LogP) is 2.60. The van der Waals surface area contributed by atoms with Crippen LogP contribution in [0.25, 0.3) is 0 Å². The van der Waals surface area contributed by atoms with Crippen molar-refractivity contribution in [3.8, 4) is 0 Å². The van der Waals surface area contributed by atoms with Crippen LogP contribution in [0.1, 0.15) is 40.0 Å². The van der Waals surface area contributed by atoms with Gasteiger partial charge in [-0.1, -0.05) is 20.8 Å². The minimum atomic E-state index is -0.771. The Morgan fingerprint density at radius 2 is 2.05 bits per heavy atom. The van der Waals surface area contributed by atoms with E-state index < -0.39 is 5.97 Å². The highest BCUT2D eigenvalue weighted by atomic mass is 16.6. The van der Waals surface area contributed by atoms with Crippen molar-refractivity contribution < 1.29 is 19.4 Å². The number of likely N-dealkylation sites (tertiary alicyclic amines) is 1. The van der Waals surface area contributed by atoms with Gasteiger partial charge in [0.25, 0.3) is 0 Å². The highest BCUT2D eigenvalue weighted by Gasteiger charge is 2.29. The molecule has 2 atom stereocenters. The Bertz CT molecular complexity index is 317. The van der Waals surface area contributed by atoms with Gasteiger partial charge < -0.3 is 14.7 Å². The first-order chi connectivity index (χ1) is 8.90. The molecule has 19 heavy (non-hydrogen) atoms. The lowest BCUT2D eigenvalue weighted by Gasteiger charge is -2.34. The molecule has 1 heterocycles. The van der Waals surface area contributed by atoms with E-state index in [4.69, 9.17) is 9.84 Å². The van der Waals surface area contributed by atoms with Gasteiger partial charge in [0.15, 0.2) is 0 Å². The number of ether oxygens (including phenoxy) is 1. The number of amides is 1. The van der Waals surface area contributed by atoms with E-state index in [9.17, 15) is 9.59 Å². The standard InChI is InChI=1S/C14H25NO4/c1-10(2)9-19-14(18)15-6-4-5-12(8-15)11(3)7-13(16)17/h10-12H,4-9H2,1-3H3,(H,16,17). The minimum Gasteiger partial charge on any atom is -0.481 e. The molecule has 0 aromatic carbocycles. The zero-order chi connectivity index (χ0) is 14.4. The summed E-state index contributed by atoms with van der Waals surface area (Å²) in [5.41, 5.74) is 0. The van der Waals surface area contributed by atoms with Crippen LogP contribution in [0.3, 0.4) is 0 Å². The SMILES string of the molecule is CC(C)COC(=O)N1CCCC(C(C)CC(=O)O)C1. The summed E-state index contributed by atoms with van der Waals surface area (Å²) in [6.07, 6.45) is 1.81. The van der Waals surface area contributed by atoms with Crippen LogP contribution in [0.4, 0.5) is 4.79 Å². The molecule has 5 heteroatoms. The zero-order valence-electron chi connectivity index (χ0n) is 12.1. The van der Waals surface area contributed by atoms with Gasteiger partial charge in [-0.2, -0.15) is 0 Å². The van der Waals surface area contributed by atoms with Crippen molar-refractivity contribution in [2.45, 2.75) is 40.0 Å². The lowest BCUT2D eigenvalue weighted by molar-refractivity contribution is -0.138. The van der Waals surface area contributed by atoms with Crippen molar-refractivity contribution >= 4 is 12.1 Å². The fourth-order valence-electron chi connectivity index (χ4n) is 2.41. The molecule has 1 aliphatic heterocycles. The van der Waals surface area contributed by atoms with Crippen molar-refractivity contribution in [1.82, 2.24) is 4.90 Å². The van der Waals surface area contributed by atoms with Crippen LogP contribution in [0.2, 0.25) is 0 Å². The summed E-state index contributed by atoms with van der Waals surface area (Å²) < 4.78 is 5.22. The van der Waals surface area contributed by atoms with E-state index in [1.165, 1.54) is 0 Å². The van der Waals surface area contributed by atoms with E-state index in [0.717, 1.165) is 12.8 Å². The van der Waals surface area contributed by atoms with E-state index in [1.54, 1.807) is 4.90 Å². The zero-order valence-corrected chi connectivity index (χ0v) is 12.1. The molecule has 0 aromatic heterocycles. The number of nitrogens with zero attached hydrogens (tertiary/aromatic N) is 1. The summed E-state index contributed by atoms with van der Waals surface area (Å²) in [4.78, 5) is 24.3. The van der Waals surface area contributed by atoms with Gasteiger partial charge in [-0.3, -0.25) is 4.79 Å². The van der Waals surface area contributed by atoms with Crippen LogP contribution < -0.4 is 0 Å². The molecule has 1 amide bonds. The molecule has 1 N–H and O–H groups in total. The molecule has 2 unspecified atom stereocenters. The average Bonchev–Trinajstić information content (AvgIpc) is 2.35. The number of carbonyl (C=O) groups is 2. The summed E-state index contributed by atoms with van der Waals surface area (Å²) in [5.74, 6) is -0.0860. The molecule has 1 fully saturated rings. The van der Waals surface area contributed by atoms with Crippen molar-refractivity contribution in [2.24, 2.45) is 17.8 Å². The molecule has 0 aliphatic carbocycles. The Labute approximate surface area is 114 Å². The molecule has 1 rings (SSSR count). The molecular weight excluding hydrogens is 246 g/mol. The van der Waals surface area contributed by atoms with Gasteiger partial charge in [0.2, 0.25) is 0 Å². The highest BCUT2D eigenvalue weighted by Crippen LogP contribution is 2.26. The Balaban J connectivity index is 2.45. The first-order valence-corrected chi connectivity index (χ1v) is 7.03. The van der Waals surface area contributed by atoms with Gasteiger partial charge in [-0.05, 0) is 30.6 Å². The van der Waals surface area contributed by atoms with Crippen LogP contribution in [0, 0.1) is 17.8 Å². The lowest BCUT2D eigenvalue weighted by atomic mass is 9.85. The van der Waals surface area contributed by atoms with Crippen molar-refractivity contribution in [2.75, 3.05) is 19.7 Å². The maximum absolute atomic E-state index is 11.9. The number of piperidine rings is 1. The molecule has 110 valence electrons. The smallest absolute Gasteiger partial charge is 0.409 e. The third kappa shape index (κ3) is 5.49. The molecule has 0 radical (unpaired) electrons. The average molecular weight is 271 g/mol. The first kappa shape index (κ1) is 15.8. The van der Waals surface area contributed by atoms with Gasteiger partial charge in [0.1, 0.15) is 0 Å². The molecule has 0 saturated carbocycles. The van der Waals surface area contributed by atoms with Crippen LogP contribution in [-0.2, 0) is 9.53 Å². The number of carbonyl (C=O) groups excluding carboxylic acids is 1. The van der Waals surface area contributed by atoms with E-state index in [2.05, 4.69) is 0 Å². The minimum absolute atomic E-state index is 0.0956. The normalized spacial score (nSPS) is 21.3. The van der Waals surface area contributed by atoms with Gasteiger partial charge >= 0.3 is 12.1 Å². The summed E-state index contributed by atoms with van der Waals surface area (Å²) in [7, 11) is 0. The van der Waals surface area contributed by atoms with Crippen molar-refractivity contribution in [1.29, 1.82) is 0 Å². The van der Waals surface area contributed by atoms with E-state index >= 15 is 0 Å². The second kappa shape index (κ2) is 7.36. The molecule has 0 spiro atoms. The maximum Gasteiger partial charge on any atom is 0.409 e. The van der Waals surface area contributed by atoms with Gasteiger partial charge in [-0.15, -0.1) is 0 Å². The van der Waals surface area contributed by atoms with Crippen molar-refractivity contribution in [3.63, 3.8) is 0 Å². The lowest BCUT2D eigenvalue weighted by Crippen LogP contribution is -2.42. The molecule has 0 bridgehead atoms. The number of rotatable bonds is 5. The van der Waals surface area contributed by atoms with Crippen LogP contribution in [-0.4, -0.2) is 41.8 Å². The van der Waals surface area contributed by atoms with Crippen LogP contribution in [0.15, 0.2) is 0 Å². The molecular formula is C14H25NO4. The quantitative estimate of drug-likeness (QED) is 0.834. The number of carboxylic acid groups (broad SMARTS) is 1. The molecule has 1 aliphatic rings. The third-order valence-electron chi connectivity index (χ3n) is 3.56. The first-order valence-electron chi connectivity index (χ1n) is 7.03. The number of carboxylic acids is 1. The summed E-state index contributed by atoms with van der Waals surface area (Å²) in [6, 6.07) is 0. The van der Waals surface area contributed by atoms with Crippen LogP contribution in [0.5, 0.6) is 0 Å². The number of hydrogen-bond donors (Lipinski definition) is 1. The fourth-order valence-corrected chi connectivity index (χ4v) is 2.41. The fraction of sp³-hybridized carbons (Fsp3) is 0.857. The number of hydrogen-bond acceptors (Lipinski definition) is 3. The summed E-state index contributed by atoms with van der Waals surface area (Å²) in [6.45, 7) is 7.72.